The first-order valence-electron chi connectivity index (χ1n) is 8.60. The van der Waals surface area contributed by atoms with Crippen LogP contribution in [-0.2, 0) is 6.54 Å². The Morgan fingerprint density at radius 1 is 1.07 bits per heavy atom. The van der Waals surface area contributed by atoms with E-state index in [2.05, 4.69) is 0 Å². The lowest BCUT2D eigenvalue weighted by molar-refractivity contribution is -0.384. The van der Waals surface area contributed by atoms with Gasteiger partial charge in [0.25, 0.3) is 11.6 Å². The fraction of sp³-hybridized carbons (Fsp3) is 0.150. The molecule has 0 aliphatic carbocycles. The number of carbonyl (C=O) groups excluding carboxylic acids is 1. The molecule has 2 aromatic carbocycles. The first kappa shape index (κ1) is 18.0. The van der Waals surface area contributed by atoms with Crippen LogP contribution in [0.5, 0.6) is 11.5 Å². The lowest BCUT2D eigenvalue weighted by Gasteiger charge is -2.25. The van der Waals surface area contributed by atoms with E-state index in [-0.39, 0.29) is 11.6 Å². The number of hydrogen-bond acceptors (Lipinski definition) is 6. The van der Waals surface area contributed by atoms with E-state index in [1.165, 1.54) is 24.3 Å². The number of nitro benzene ring substituents is 1. The fourth-order valence-corrected chi connectivity index (χ4v) is 3.61. The van der Waals surface area contributed by atoms with Gasteiger partial charge in [0.15, 0.2) is 11.5 Å². The highest BCUT2D eigenvalue weighted by molar-refractivity contribution is 7.09. The van der Waals surface area contributed by atoms with Crippen LogP contribution in [0.4, 0.5) is 11.4 Å². The number of ether oxygens (including phenoxy) is 2. The summed E-state index contributed by atoms with van der Waals surface area (Å²) in [6.45, 7) is 1.33. The Labute approximate surface area is 164 Å². The average molecular weight is 396 g/mol. The summed E-state index contributed by atoms with van der Waals surface area (Å²) in [6, 6.07) is 14.9. The summed E-state index contributed by atoms with van der Waals surface area (Å²) in [5.74, 6) is 0.991. The molecule has 8 heteroatoms. The highest BCUT2D eigenvalue weighted by Crippen LogP contribution is 2.35. The van der Waals surface area contributed by atoms with Gasteiger partial charge in [0.05, 0.1) is 11.5 Å². The minimum atomic E-state index is -0.488. The third-order valence-electron chi connectivity index (χ3n) is 4.30. The van der Waals surface area contributed by atoms with Gasteiger partial charge in [-0.3, -0.25) is 14.9 Å². The molecular weight excluding hydrogens is 380 g/mol. The van der Waals surface area contributed by atoms with Crippen LogP contribution in [0.2, 0.25) is 0 Å². The van der Waals surface area contributed by atoms with Gasteiger partial charge in [0.1, 0.15) is 13.2 Å². The second kappa shape index (κ2) is 7.69. The molecule has 1 amide bonds. The Hall–Kier alpha value is -3.39. The van der Waals surface area contributed by atoms with Crippen LogP contribution < -0.4 is 14.4 Å². The molecule has 0 fully saturated rings. The van der Waals surface area contributed by atoms with Crippen molar-refractivity contribution in [1.29, 1.82) is 0 Å². The number of hydrogen-bond donors (Lipinski definition) is 0. The normalized spacial score (nSPS) is 12.4. The molecule has 7 nitrogen and oxygen atoms in total. The average Bonchev–Trinajstić information content (AvgIpc) is 3.24. The van der Waals surface area contributed by atoms with Crippen molar-refractivity contribution in [3.63, 3.8) is 0 Å². The maximum atomic E-state index is 13.2. The molecule has 142 valence electrons. The van der Waals surface area contributed by atoms with E-state index in [1.54, 1.807) is 28.4 Å². The van der Waals surface area contributed by atoms with Crippen molar-refractivity contribution in [3.05, 3.63) is 80.5 Å². The molecule has 0 saturated carbocycles. The minimum absolute atomic E-state index is 0.0549. The molecule has 1 aromatic heterocycles. The van der Waals surface area contributed by atoms with Crippen LogP contribution in [0.1, 0.15) is 15.2 Å². The van der Waals surface area contributed by atoms with Gasteiger partial charge in [-0.15, -0.1) is 11.3 Å². The van der Waals surface area contributed by atoms with Crippen LogP contribution in [0.15, 0.2) is 60.0 Å². The van der Waals surface area contributed by atoms with Gasteiger partial charge in [-0.1, -0.05) is 6.07 Å². The summed E-state index contributed by atoms with van der Waals surface area (Å²) < 4.78 is 11.2. The second-order valence-corrected chi connectivity index (χ2v) is 7.13. The molecule has 2 heterocycles. The molecule has 1 aliphatic heterocycles. The summed E-state index contributed by atoms with van der Waals surface area (Å²) in [7, 11) is 0. The summed E-state index contributed by atoms with van der Waals surface area (Å²) in [4.78, 5) is 26.2. The Kier molecular flexibility index (Phi) is 4.94. The molecule has 0 radical (unpaired) electrons. The minimum Gasteiger partial charge on any atom is -0.486 e. The van der Waals surface area contributed by atoms with E-state index in [1.807, 2.05) is 23.6 Å². The number of rotatable bonds is 5. The van der Waals surface area contributed by atoms with Gasteiger partial charge in [0.2, 0.25) is 0 Å². The standard InChI is InChI=1S/C20H16N2O5S/c23-20(14-3-5-15(6-4-14)22(24)25)21(13-17-2-1-11-28-17)16-7-8-18-19(12-16)27-10-9-26-18/h1-8,11-12H,9-10,13H2. The van der Waals surface area contributed by atoms with Gasteiger partial charge >= 0.3 is 0 Å². The molecule has 0 unspecified atom stereocenters. The van der Waals surface area contributed by atoms with Crippen molar-refractivity contribution in [1.82, 2.24) is 0 Å². The summed E-state index contributed by atoms with van der Waals surface area (Å²) in [5, 5.41) is 12.8. The zero-order chi connectivity index (χ0) is 19.5. The van der Waals surface area contributed by atoms with Gasteiger partial charge in [0, 0.05) is 34.3 Å². The lowest BCUT2D eigenvalue weighted by atomic mass is 10.1. The number of carbonyl (C=O) groups is 1. The third kappa shape index (κ3) is 3.67. The Balaban J connectivity index is 1.68. The number of fused-ring (bicyclic) bond motifs is 1. The highest BCUT2D eigenvalue weighted by atomic mass is 32.1. The van der Waals surface area contributed by atoms with E-state index >= 15 is 0 Å². The number of nitro groups is 1. The summed E-state index contributed by atoms with van der Waals surface area (Å²) in [6.07, 6.45) is 0. The van der Waals surface area contributed by atoms with Crippen LogP contribution in [0.25, 0.3) is 0 Å². The number of benzene rings is 2. The fourth-order valence-electron chi connectivity index (χ4n) is 2.92. The summed E-state index contributed by atoms with van der Waals surface area (Å²) >= 11 is 1.55. The molecule has 0 atom stereocenters. The largest absolute Gasteiger partial charge is 0.486 e. The lowest BCUT2D eigenvalue weighted by Crippen LogP contribution is -2.30. The van der Waals surface area contributed by atoms with E-state index < -0.39 is 4.92 Å². The van der Waals surface area contributed by atoms with Gasteiger partial charge < -0.3 is 14.4 Å². The van der Waals surface area contributed by atoms with Crippen molar-refractivity contribution in [2.45, 2.75) is 6.54 Å². The van der Waals surface area contributed by atoms with Crippen LogP contribution in [0.3, 0.4) is 0 Å². The predicted octanol–water partition coefficient (Wildman–Crippen LogP) is 4.27. The number of thiophene rings is 1. The summed E-state index contributed by atoms with van der Waals surface area (Å²) in [5.41, 5.74) is 0.985. The topological polar surface area (TPSA) is 81.9 Å². The monoisotopic (exact) mass is 396 g/mol. The van der Waals surface area contributed by atoms with Crippen molar-refractivity contribution < 1.29 is 19.2 Å². The zero-order valence-electron chi connectivity index (χ0n) is 14.7. The quantitative estimate of drug-likeness (QED) is 0.475. The molecule has 0 saturated heterocycles. The molecule has 0 spiro atoms. The SMILES string of the molecule is O=C(c1ccc([N+](=O)[O-])cc1)N(Cc1cccs1)c1ccc2c(c1)OCCO2. The van der Waals surface area contributed by atoms with Crippen molar-refractivity contribution in [3.8, 4) is 11.5 Å². The van der Waals surface area contributed by atoms with E-state index in [0.717, 1.165) is 4.88 Å². The smallest absolute Gasteiger partial charge is 0.269 e. The molecule has 4 rings (SSSR count). The third-order valence-corrected chi connectivity index (χ3v) is 5.16. The van der Waals surface area contributed by atoms with E-state index in [4.69, 9.17) is 9.47 Å². The van der Waals surface area contributed by atoms with E-state index in [9.17, 15) is 14.9 Å². The Morgan fingerprint density at radius 2 is 1.82 bits per heavy atom. The zero-order valence-corrected chi connectivity index (χ0v) is 15.6. The first-order valence-corrected chi connectivity index (χ1v) is 9.48. The number of nitrogens with zero attached hydrogens (tertiary/aromatic N) is 2. The van der Waals surface area contributed by atoms with Crippen LogP contribution in [-0.4, -0.2) is 24.0 Å². The second-order valence-electron chi connectivity index (χ2n) is 6.10. The number of amides is 1. The Bertz CT molecular complexity index is 1000. The van der Waals surface area contributed by atoms with Crippen LogP contribution in [0, 0.1) is 10.1 Å². The maximum absolute atomic E-state index is 13.2. The molecule has 28 heavy (non-hydrogen) atoms. The first-order chi connectivity index (χ1) is 13.6. The van der Waals surface area contributed by atoms with Gasteiger partial charge in [-0.25, -0.2) is 0 Å². The maximum Gasteiger partial charge on any atom is 0.269 e. The van der Waals surface area contributed by atoms with Crippen molar-refractivity contribution in [2.24, 2.45) is 0 Å². The molecule has 3 aromatic rings. The van der Waals surface area contributed by atoms with Crippen LogP contribution >= 0.6 is 11.3 Å². The van der Waals surface area contributed by atoms with Crippen molar-refractivity contribution in [2.75, 3.05) is 18.1 Å². The Morgan fingerprint density at radius 3 is 2.50 bits per heavy atom. The van der Waals surface area contributed by atoms with E-state index in [0.29, 0.717) is 42.5 Å². The predicted molar refractivity (Wildman–Crippen MR) is 105 cm³/mol. The molecule has 0 bridgehead atoms. The van der Waals surface area contributed by atoms with Gasteiger partial charge in [-0.05, 0) is 35.7 Å². The van der Waals surface area contributed by atoms with Gasteiger partial charge in [-0.2, -0.15) is 0 Å². The molecule has 1 aliphatic rings. The molecule has 0 N–H and O–H groups in total. The molecular formula is C20H16N2O5S. The number of anilines is 1. The highest BCUT2D eigenvalue weighted by Gasteiger charge is 2.22. The number of non-ortho nitro benzene ring substituents is 1. The van der Waals surface area contributed by atoms with Crippen molar-refractivity contribution >= 4 is 28.6 Å².